The van der Waals surface area contributed by atoms with Gasteiger partial charge in [-0.15, -0.1) is 0 Å². The number of hydrogen-bond donors (Lipinski definition) is 1. The van der Waals surface area contributed by atoms with Crippen LogP contribution in [0.3, 0.4) is 0 Å². The van der Waals surface area contributed by atoms with Gasteiger partial charge < -0.3 is 24.4 Å². The Morgan fingerprint density at radius 3 is 2.53 bits per heavy atom. The molecule has 8 heteroatoms. The van der Waals surface area contributed by atoms with Crippen LogP contribution in [-0.2, 0) is 19.1 Å². The molecule has 0 saturated carbocycles. The van der Waals surface area contributed by atoms with Crippen molar-refractivity contribution in [2.24, 2.45) is 0 Å². The van der Waals surface area contributed by atoms with Gasteiger partial charge in [-0.05, 0) is 25.0 Å². The lowest BCUT2D eigenvalue weighted by Gasteiger charge is -2.38. The predicted octanol–water partition coefficient (Wildman–Crippen LogP) is 0.908. The maximum absolute atomic E-state index is 12.5. The van der Waals surface area contributed by atoms with E-state index in [0.717, 1.165) is 18.6 Å². The van der Waals surface area contributed by atoms with E-state index in [1.54, 1.807) is 14.2 Å². The van der Waals surface area contributed by atoms with Crippen LogP contribution >= 0.6 is 0 Å². The zero-order valence-electron chi connectivity index (χ0n) is 17.9. The summed E-state index contributed by atoms with van der Waals surface area (Å²) in [5.41, 5.74) is 0. The van der Waals surface area contributed by atoms with E-state index in [1.807, 2.05) is 35.2 Å². The van der Waals surface area contributed by atoms with Gasteiger partial charge in [0.25, 0.3) is 0 Å². The lowest BCUT2D eigenvalue weighted by Crippen LogP contribution is -2.52. The zero-order valence-corrected chi connectivity index (χ0v) is 17.9. The average molecular weight is 420 g/mol. The van der Waals surface area contributed by atoms with Crippen molar-refractivity contribution in [2.75, 3.05) is 53.6 Å². The van der Waals surface area contributed by atoms with Crippen LogP contribution in [-0.4, -0.2) is 93.4 Å². The van der Waals surface area contributed by atoms with Crippen molar-refractivity contribution >= 4 is 11.8 Å². The first-order valence-electron chi connectivity index (χ1n) is 10.7. The van der Waals surface area contributed by atoms with E-state index in [4.69, 9.17) is 14.2 Å². The van der Waals surface area contributed by atoms with Gasteiger partial charge in [-0.2, -0.15) is 0 Å². The minimum absolute atomic E-state index is 0.0131. The van der Waals surface area contributed by atoms with Crippen LogP contribution in [0.2, 0.25) is 0 Å². The van der Waals surface area contributed by atoms with Gasteiger partial charge in [0.1, 0.15) is 18.5 Å². The predicted molar refractivity (Wildman–Crippen MR) is 112 cm³/mol. The van der Waals surface area contributed by atoms with E-state index in [0.29, 0.717) is 39.3 Å². The summed E-state index contributed by atoms with van der Waals surface area (Å²) in [7, 11) is 3.28. The van der Waals surface area contributed by atoms with Crippen LogP contribution in [0.4, 0.5) is 0 Å². The third kappa shape index (κ3) is 5.93. The number of ether oxygens (including phenoxy) is 3. The first-order valence-corrected chi connectivity index (χ1v) is 10.7. The first-order chi connectivity index (χ1) is 14.6. The molecule has 2 amide bonds. The molecule has 1 aromatic rings. The summed E-state index contributed by atoms with van der Waals surface area (Å²) in [6.07, 6.45) is 2.33. The van der Waals surface area contributed by atoms with Gasteiger partial charge in [-0.25, -0.2) is 0 Å². The fraction of sp³-hybridized carbons (Fsp3) is 0.636. The fourth-order valence-corrected chi connectivity index (χ4v) is 4.27. The number of carbonyl (C=O) groups is 2. The second-order valence-electron chi connectivity index (χ2n) is 7.77. The third-order valence-corrected chi connectivity index (χ3v) is 5.84. The second kappa shape index (κ2) is 11.3. The number of likely N-dealkylation sites (tertiary alicyclic amines) is 2. The summed E-state index contributed by atoms with van der Waals surface area (Å²) < 4.78 is 16.4. The Kier molecular flexibility index (Phi) is 8.48. The van der Waals surface area contributed by atoms with Crippen molar-refractivity contribution in [2.45, 2.75) is 37.5 Å². The van der Waals surface area contributed by atoms with Crippen molar-refractivity contribution in [3.63, 3.8) is 0 Å². The standard InChI is InChI=1S/C22H33N3O5/c1-23-22(27)20-14-19(30-18-6-4-3-5-7-18)15-25(20)17-8-10-24(11-9-17)21(26)16-29-13-12-28-2/h3-7,17,19-20H,8-16H2,1-2H3,(H,23,27). The fourth-order valence-electron chi connectivity index (χ4n) is 4.27. The number of amides is 2. The van der Waals surface area contributed by atoms with Gasteiger partial charge in [0, 0.05) is 46.3 Å². The highest BCUT2D eigenvalue weighted by Gasteiger charge is 2.42. The number of rotatable bonds is 9. The summed E-state index contributed by atoms with van der Waals surface area (Å²) in [5.74, 6) is 0.868. The van der Waals surface area contributed by atoms with Crippen LogP contribution < -0.4 is 10.1 Å². The van der Waals surface area contributed by atoms with Gasteiger partial charge in [0.2, 0.25) is 11.8 Å². The summed E-state index contributed by atoms with van der Waals surface area (Å²) >= 11 is 0. The van der Waals surface area contributed by atoms with Crippen LogP contribution in [0, 0.1) is 0 Å². The van der Waals surface area contributed by atoms with E-state index >= 15 is 0 Å². The number of likely N-dealkylation sites (N-methyl/N-ethyl adjacent to an activating group) is 1. The molecule has 0 aliphatic carbocycles. The Labute approximate surface area is 178 Å². The molecular weight excluding hydrogens is 386 g/mol. The van der Waals surface area contributed by atoms with E-state index in [9.17, 15) is 9.59 Å². The van der Waals surface area contributed by atoms with Crippen molar-refractivity contribution in [1.82, 2.24) is 15.1 Å². The topological polar surface area (TPSA) is 80.3 Å². The van der Waals surface area contributed by atoms with Gasteiger partial charge in [-0.3, -0.25) is 14.5 Å². The molecule has 2 saturated heterocycles. The van der Waals surface area contributed by atoms with Crippen LogP contribution in [0.25, 0.3) is 0 Å². The summed E-state index contributed by atoms with van der Waals surface area (Å²) in [5, 5.41) is 2.79. The molecule has 0 aromatic heterocycles. The molecule has 2 aliphatic heterocycles. The Bertz CT molecular complexity index is 679. The van der Waals surface area contributed by atoms with Crippen LogP contribution in [0.1, 0.15) is 19.3 Å². The molecule has 0 radical (unpaired) electrons. The Morgan fingerprint density at radius 1 is 1.13 bits per heavy atom. The third-order valence-electron chi connectivity index (χ3n) is 5.84. The minimum atomic E-state index is -0.201. The number of piperidine rings is 1. The number of para-hydroxylation sites is 1. The number of carbonyl (C=O) groups excluding carboxylic acids is 2. The maximum Gasteiger partial charge on any atom is 0.248 e. The monoisotopic (exact) mass is 419 g/mol. The number of methoxy groups -OCH3 is 1. The molecule has 30 heavy (non-hydrogen) atoms. The van der Waals surface area contributed by atoms with Crippen molar-refractivity contribution in [1.29, 1.82) is 0 Å². The Morgan fingerprint density at radius 2 is 1.87 bits per heavy atom. The molecule has 0 bridgehead atoms. The van der Waals surface area contributed by atoms with Gasteiger partial charge in [0.15, 0.2) is 0 Å². The van der Waals surface area contributed by atoms with Crippen LogP contribution in [0.15, 0.2) is 30.3 Å². The van der Waals surface area contributed by atoms with Crippen molar-refractivity contribution < 1.29 is 23.8 Å². The van der Waals surface area contributed by atoms with E-state index in [2.05, 4.69) is 10.2 Å². The van der Waals surface area contributed by atoms with E-state index < -0.39 is 0 Å². The molecule has 1 N–H and O–H groups in total. The van der Waals surface area contributed by atoms with Crippen molar-refractivity contribution in [3.8, 4) is 5.75 Å². The first kappa shape index (κ1) is 22.5. The summed E-state index contributed by atoms with van der Waals surface area (Å²) in [6, 6.07) is 9.79. The highest BCUT2D eigenvalue weighted by molar-refractivity contribution is 5.82. The normalized spacial score (nSPS) is 22.8. The highest BCUT2D eigenvalue weighted by atomic mass is 16.5. The average Bonchev–Trinajstić information content (AvgIpc) is 3.20. The molecular formula is C22H33N3O5. The smallest absolute Gasteiger partial charge is 0.248 e. The van der Waals surface area contributed by atoms with Gasteiger partial charge in [-0.1, -0.05) is 18.2 Å². The van der Waals surface area contributed by atoms with Gasteiger partial charge >= 0.3 is 0 Å². The number of benzene rings is 1. The molecule has 2 fully saturated rings. The molecule has 166 valence electrons. The summed E-state index contributed by atoms with van der Waals surface area (Å²) in [4.78, 5) is 29.0. The van der Waals surface area contributed by atoms with Gasteiger partial charge in [0.05, 0.1) is 19.3 Å². The molecule has 2 heterocycles. The molecule has 2 atom stereocenters. The SMILES string of the molecule is CNC(=O)C1CC(Oc2ccccc2)CN1C1CCN(C(=O)COCCOC)CC1. The maximum atomic E-state index is 12.5. The number of hydrogen-bond acceptors (Lipinski definition) is 6. The number of nitrogens with zero attached hydrogens (tertiary/aromatic N) is 2. The Hall–Kier alpha value is -2.16. The molecule has 2 aliphatic rings. The van der Waals surface area contributed by atoms with Crippen LogP contribution in [0.5, 0.6) is 5.75 Å². The molecule has 0 spiro atoms. The quantitative estimate of drug-likeness (QED) is 0.600. The van der Waals surface area contributed by atoms with Crippen molar-refractivity contribution in [3.05, 3.63) is 30.3 Å². The lowest BCUT2D eigenvalue weighted by atomic mass is 10.0. The Balaban J connectivity index is 1.53. The molecule has 3 rings (SSSR count). The molecule has 2 unspecified atom stereocenters. The molecule has 1 aromatic carbocycles. The zero-order chi connectivity index (χ0) is 21.3. The second-order valence-corrected chi connectivity index (χ2v) is 7.77. The summed E-state index contributed by atoms with van der Waals surface area (Å²) in [6.45, 7) is 3.06. The number of nitrogens with one attached hydrogen (secondary N) is 1. The lowest BCUT2D eigenvalue weighted by molar-refractivity contribution is -0.138. The highest BCUT2D eigenvalue weighted by Crippen LogP contribution is 2.29. The molecule has 8 nitrogen and oxygen atoms in total. The minimum Gasteiger partial charge on any atom is -0.489 e. The largest absolute Gasteiger partial charge is 0.489 e. The van der Waals surface area contributed by atoms with E-state index in [-0.39, 0.29) is 36.6 Å². The van der Waals surface area contributed by atoms with E-state index in [1.165, 1.54) is 0 Å².